The lowest BCUT2D eigenvalue weighted by molar-refractivity contribution is -0.124. The molecule has 1 rings (SSSR count). The van der Waals surface area contributed by atoms with Gasteiger partial charge >= 0.3 is 0 Å². The van der Waals surface area contributed by atoms with Crippen LogP contribution in [-0.2, 0) is 11.2 Å². The number of carbonyl (C=O) groups excluding carboxylic acids is 1. The van der Waals surface area contributed by atoms with Crippen molar-refractivity contribution in [3.05, 3.63) is 35.4 Å². The van der Waals surface area contributed by atoms with Gasteiger partial charge in [-0.2, -0.15) is 0 Å². The van der Waals surface area contributed by atoms with E-state index in [1.165, 1.54) is 24.0 Å². The summed E-state index contributed by atoms with van der Waals surface area (Å²) in [5.74, 6) is 0.223. The van der Waals surface area contributed by atoms with E-state index in [0.717, 1.165) is 19.4 Å². The maximum absolute atomic E-state index is 11.9. The fraction of sp³-hybridized carbons (Fsp3) is 0.562. The minimum atomic E-state index is 0.0503. The van der Waals surface area contributed by atoms with Gasteiger partial charge in [-0.3, -0.25) is 4.79 Å². The SMILES string of the molecule is CCCCCNC(=O)C(C)Cc1ccc(C)cc1. The molecule has 0 fully saturated rings. The Morgan fingerprint density at radius 1 is 1.22 bits per heavy atom. The molecule has 0 spiro atoms. The summed E-state index contributed by atoms with van der Waals surface area (Å²) in [6, 6.07) is 8.41. The molecule has 0 heterocycles. The summed E-state index contributed by atoms with van der Waals surface area (Å²) in [5, 5.41) is 3.01. The number of carbonyl (C=O) groups is 1. The highest BCUT2D eigenvalue weighted by molar-refractivity contribution is 5.78. The zero-order valence-electron chi connectivity index (χ0n) is 11.8. The van der Waals surface area contributed by atoms with Crippen LogP contribution in [0.15, 0.2) is 24.3 Å². The Morgan fingerprint density at radius 3 is 2.50 bits per heavy atom. The van der Waals surface area contributed by atoms with Crippen molar-refractivity contribution >= 4 is 5.91 Å². The van der Waals surface area contributed by atoms with Crippen LogP contribution in [-0.4, -0.2) is 12.5 Å². The summed E-state index contributed by atoms with van der Waals surface area (Å²) in [4.78, 5) is 11.9. The van der Waals surface area contributed by atoms with Crippen molar-refractivity contribution in [2.45, 2.75) is 46.5 Å². The van der Waals surface area contributed by atoms with Crippen molar-refractivity contribution in [2.24, 2.45) is 5.92 Å². The lowest BCUT2D eigenvalue weighted by Crippen LogP contribution is -2.31. The Hall–Kier alpha value is -1.31. The molecule has 100 valence electrons. The first-order valence-electron chi connectivity index (χ1n) is 6.96. The van der Waals surface area contributed by atoms with Gasteiger partial charge in [0, 0.05) is 12.5 Å². The third-order valence-electron chi connectivity index (χ3n) is 3.19. The zero-order valence-corrected chi connectivity index (χ0v) is 11.8. The zero-order chi connectivity index (χ0) is 13.4. The highest BCUT2D eigenvalue weighted by atomic mass is 16.1. The van der Waals surface area contributed by atoms with Gasteiger partial charge in [-0.15, -0.1) is 0 Å². The predicted molar refractivity (Wildman–Crippen MR) is 76.6 cm³/mol. The smallest absolute Gasteiger partial charge is 0.223 e. The maximum atomic E-state index is 11.9. The molecule has 1 aromatic carbocycles. The lowest BCUT2D eigenvalue weighted by atomic mass is 9.99. The lowest BCUT2D eigenvalue weighted by Gasteiger charge is -2.12. The molecule has 1 unspecified atom stereocenters. The van der Waals surface area contributed by atoms with Gasteiger partial charge in [0.1, 0.15) is 0 Å². The molecule has 0 saturated carbocycles. The van der Waals surface area contributed by atoms with Crippen molar-refractivity contribution in [3.8, 4) is 0 Å². The van der Waals surface area contributed by atoms with Crippen molar-refractivity contribution in [2.75, 3.05) is 6.54 Å². The van der Waals surface area contributed by atoms with Crippen LogP contribution in [0.5, 0.6) is 0 Å². The molecule has 1 amide bonds. The third kappa shape index (κ3) is 5.35. The largest absolute Gasteiger partial charge is 0.356 e. The highest BCUT2D eigenvalue weighted by Crippen LogP contribution is 2.10. The molecular weight excluding hydrogens is 222 g/mol. The first-order chi connectivity index (χ1) is 8.63. The van der Waals surface area contributed by atoms with Gasteiger partial charge in [-0.1, -0.05) is 56.5 Å². The molecule has 1 N–H and O–H groups in total. The van der Waals surface area contributed by atoms with Crippen LogP contribution in [0, 0.1) is 12.8 Å². The standard InChI is InChI=1S/C16H25NO/c1-4-5-6-11-17-16(18)14(3)12-15-9-7-13(2)8-10-15/h7-10,14H,4-6,11-12H2,1-3H3,(H,17,18). The van der Waals surface area contributed by atoms with Crippen LogP contribution in [0.2, 0.25) is 0 Å². The molecular formula is C16H25NO. The van der Waals surface area contributed by atoms with Gasteiger partial charge in [0.25, 0.3) is 0 Å². The number of hydrogen-bond acceptors (Lipinski definition) is 1. The predicted octanol–water partition coefficient (Wildman–Crippen LogP) is 3.48. The van der Waals surface area contributed by atoms with Crippen LogP contribution < -0.4 is 5.32 Å². The normalized spacial score (nSPS) is 12.2. The monoisotopic (exact) mass is 247 g/mol. The van der Waals surface area contributed by atoms with E-state index in [4.69, 9.17) is 0 Å². The number of benzene rings is 1. The second kappa shape index (κ2) is 7.91. The van der Waals surface area contributed by atoms with Crippen molar-refractivity contribution in [1.29, 1.82) is 0 Å². The van der Waals surface area contributed by atoms with Gasteiger partial charge in [0.15, 0.2) is 0 Å². The summed E-state index contributed by atoms with van der Waals surface area (Å²) in [6.45, 7) is 7.05. The maximum Gasteiger partial charge on any atom is 0.223 e. The fourth-order valence-electron chi connectivity index (χ4n) is 1.93. The molecule has 2 nitrogen and oxygen atoms in total. The number of nitrogens with one attached hydrogen (secondary N) is 1. The average Bonchev–Trinajstić information content (AvgIpc) is 2.37. The Kier molecular flexibility index (Phi) is 6.48. The molecule has 0 bridgehead atoms. The minimum Gasteiger partial charge on any atom is -0.356 e. The topological polar surface area (TPSA) is 29.1 Å². The average molecular weight is 247 g/mol. The number of hydrogen-bond donors (Lipinski definition) is 1. The summed E-state index contributed by atoms with van der Waals surface area (Å²) in [7, 11) is 0. The Labute approximate surface area is 111 Å². The van der Waals surface area contributed by atoms with Crippen LogP contribution >= 0.6 is 0 Å². The van der Waals surface area contributed by atoms with Gasteiger partial charge < -0.3 is 5.32 Å². The van der Waals surface area contributed by atoms with E-state index in [1.54, 1.807) is 0 Å². The van der Waals surface area contributed by atoms with E-state index in [1.807, 2.05) is 6.92 Å². The second-order valence-electron chi connectivity index (χ2n) is 5.09. The second-order valence-corrected chi connectivity index (χ2v) is 5.09. The molecule has 1 atom stereocenters. The van der Waals surface area contributed by atoms with Crippen LogP contribution in [0.3, 0.4) is 0 Å². The van der Waals surface area contributed by atoms with Crippen molar-refractivity contribution in [3.63, 3.8) is 0 Å². The van der Waals surface area contributed by atoms with Crippen molar-refractivity contribution in [1.82, 2.24) is 5.32 Å². The summed E-state index contributed by atoms with van der Waals surface area (Å²) in [6.07, 6.45) is 4.28. The van der Waals surface area contributed by atoms with Gasteiger partial charge in [0.05, 0.1) is 0 Å². The molecule has 2 heteroatoms. The first kappa shape index (κ1) is 14.7. The molecule has 18 heavy (non-hydrogen) atoms. The Bertz CT molecular complexity index is 356. The van der Waals surface area contributed by atoms with Crippen LogP contribution in [0.4, 0.5) is 0 Å². The van der Waals surface area contributed by atoms with E-state index in [9.17, 15) is 4.79 Å². The van der Waals surface area contributed by atoms with Gasteiger partial charge in [0.2, 0.25) is 5.91 Å². The molecule has 0 aliphatic carbocycles. The Balaban J connectivity index is 2.33. The fourth-order valence-corrected chi connectivity index (χ4v) is 1.93. The molecule has 0 aliphatic heterocycles. The van der Waals surface area contributed by atoms with E-state index >= 15 is 0 Å². The summed E-state index contributed by atoms with van der Waals surface area (Å²) < 4.78 is 0. The number of rotatable bonds is 7. The summed E-state index contributed by atoms with van der Waals surface area (Å²) in [5.41, 5.74) is 2.49. The number of amides is 1. The molecule has 1 aromatic rings. The quantitative estimate of drug-likeness (QED) is 0.734. The molecule has 0 aliphatic rings. The van der Waals surface area contributed by atoms with E-state index in [-0.39, 0.29) is 11.8 Å². The van der Waals surface area contributed by atoms with E-state index < -0.39 is 0 Å². The molecule has 0 saturated heterocycles. The third-order valence-corrected chi connectivity index (χ3v) is 3.19. The van der Waals surface area contributed by atoms with E-state index in [0.29, 0.717) is 0 Å². The highest BCUT2D eigenvalue weighted by Gasteiger charge is 2.12. The van der Waals surface area contributed by atoms with Gasteiger partial charge in [-0.05, 0) is 25.3 Å². The first-order valence-corrected chi connectivity index (χ1v) is 6.96. The number of aryl methyl sites for hydroxylation is 1. The van der Waals surface area contributed by atoms with Crippen molar-refractivity contribution < 1.29 is 4.79 Å². The molecule has 0 radical (unpaired) electrons. The van der Waals surface area contributed by atoms with Crippen LogP contribution in [0.1, 0.15) is 44.2 Å². The minimum absolute atomic E-state index is 0.0503. The Morgan fingerprint density at radius 2 is 1.89 bits per heavy atom. The van der Waals surface area contributed by atoms with Crippen LogP contribution in [0.25, 0.3) is 0 Å². The van der Waals surface area contributed by atoms with Gasteiger partial charge in [-0.25, -0.2) is 0 Å². The number of unbranched alkanes of at least 4 members (excludes halogenated alkanes) is 2. The van der Waals surface area contributed by atoms with E-state index in [2.05, 4.69) is 43.4 Å². The summed E-state index contributed by atoms with van der Waals surface area (Å²) >= 11 is 0. The molecule has 0 aromatic heterocycles.